The molecule has 0 atom stereocenters. The van der Waals surface area contributed by atoms with Gasteiger partial charge in [-0.1, -0.05) is 42.0 Å². The number of para-hydroxylation sites is 1. The first-order valence-corrected chi connectivity index (χ1v) is 8.55. The quantitative estimate of drug-likeness (QED) is 0.710. The Labute approximate surface area is 154 Å². The lowest BCUT2D eigenvalue weighted by atomic mass is 10.3. The number of carbonyl (C=O) groups excluding carboxylic acids is 1. The highest BCUT2D eigenvalue weighted by atomic mass is 35.5. The molecule has 2 aromatic heterocycles. The van der Waals surface area contributed by atoms with Gasteiger partial charge in [0.2, 0.25) is 5.13 Å². The third kappa shape index (κ3) is 3.70. The molecule has 136 valence electrons. The second kappa shape index (κ2) is 7.04. The normalized spacial score (nSPS) is 11.6. The van der Waals surface area contributed by atoms with Crippen molar-refractivity contribution in [1.82, 2.24) is 20.0 Å². The fourth-order valence-corrected chi connectivity index (χ4v) is 2.99. The maximum Gasteiger partial charge on any atom is 0.435 e. The number of aryl methyl sites for hydroxylation is 1. The minimum atomic E-state index is -4.71. The number of amides is 1. The van der Waals surface area contributed by atoms with E-state index in [2.05, 4.69) is 20.6 Å². The summed E-state index contributed by atoms with van der Waals surface area (Å²) in [6, 6.07) is 6.82. The topological polar surface area (TPSA) is 72.7 Å². The van der Waals surface area contributed by atoms with Crippen LogP contribution in [-0.2, 0) is 12.6 Å². The SMILES string of the molecule is CCc1nnc(NC(=O)c2cc(C(F)(F)F)nn2-c2ccccc2Cl)s1. The first-order valence-electron chi connectivity index (χ1n) is 7.35. The van der Waals surface area contributed by atoms with Crippen LogP contribution in [0.5, 0.6) is 0 Å². The number of benzene rings is 1. The monoisotopic (exact) mass is 401 g/mol. The Kier molecular flexibility index (Phi) is 4.97. The molecular weight excluding hydrogens is 391 g/mol. The lowest BCUT2D eigenvalue weighted by Gasteiger charge is -2.08. The fraction of sp³-hybridized carbons (Fsp3) is 0.200. The van der Waals surface area contributed by atoms with Crippen LogP contribution in [0.15, 0.2) is 30.3 Å². The van der Waals surface area contributed by atoms with Gasteiger partial charge in [0.25, 0.3) is 5.91 Å². The molecule has 3 aromatic rings. The number of anilines is 1. The van der Waals surface area contributed by atoms with Gasteiger partial charge in [-0.25, -0.2) is 4.68 Å². The molecular formula is C15H11ClF3N5OS. The summed E-state index contributed by atoms with van der Waals surface area (Å²) < 4.78 is 40.1. The molecule has 26 heavy (non-hydrogen) atoms. The highest BCUT2D eigenvalue weighted by Gasteiger charge is 2.36. The van der Waals surface area contributed by atoms with Gasteiger partial charge in [0.1, 0.15) is 10.7 Å². The van der Waals surface area contributed by atoms with Gasteiger partial charge >= 0.3 is 6.18 Å². The summed E-state index contributed by atoms with van der Waals surface area (Å²) >= 11 is 7.19. The van der Waals surface area contributed by atoms with Crippen LogP contribution in [-0.4, -0.2) is 25.9 Å². The zero-order chi connectivity index (χ0) is 18.9. The maximum absolute atomic E-state index is 13.1. The van der Waals surface area contributed by atoms with Gasteiger partial charge in [-0.2, -0.15) is 18.3 Å². The van der Waals surface area contributed by atoms with Crippen molar-refractivity contribution in [3.05, 3.63) is 51.7 Å². The smallest absolute Gasteiger partial charge is 0.295 e. The summed E-state index contributed by atoms with van der Waals surface area (Å²) in [5.74, 6) is -0.799. The van der Waals surface area contributed by atoms with Crippen molar-refractivity contribution in [2.45, 2.75) is 19.5 Å². The van der Waals surface area contributed by atoms with E-state index in [1.807, 2.05) is 6.92 Å². The molecule has 0 aliphatic carbocycles. The van der Waals surface area contributed by atoms with Crippen LogP contribution in [0.2, 0.25) is 5.02 Å². The second-order valence-corrected chi connectivity index (χ2v) is 6.55. The number of carbonyl (C=O) groups is 1. The number of rotatable bonds is 4. The Morgan fingerprint density at radius 3 is 2.65 bits per heavy atom. The molecule has 0 spiro atoms. The van der Waals surface area contributed by atoms with Crippen molar-refractivity contribution in [3.63, 3.8) is 0 Å². The number of hydrogen-bond donors (Lipinski definition) is 1. The average Bonchev–Trinajstić information content (AvgIpc) is 3.21. The minimum Gasteiger partial charge on any atom is -0.295 e. The summed E-state index contributed by atoms with van der Waals surface area (Å²) in [6.07, 6.45) is -4.08. The lowest BCUT2D eigenvalue weighted by Crippen LogP contribution is -2.17. The Bertz CT molecular complexity index is 953. The maximum atomic E-state index is 13.1. The largest absolute Gasteiger partial charge is 0.435 e. The summed E-state index contributed by atoms with van der Waals surface area (Å²) in [7, 11) is 0. The Morgan fingerprint density at radius 2 is 2.04 bits per heavy atom. The number of aromatic nitrogens is 4. The molecule has 11 heteroatoms. The lowest BCUT2D eigenvalue weighted by molar-refractivity contribution is -0.141. The van der Waals surface area contributed by atoms with E-state index >= 15 is 0 Å². The van der Waals surface area contributed by atoms with Gasteiger partial charge in [0.15, 0.2) is 5.69 Å². The van der Waals surface area contributed by atoms with Crippen LogP contribution >= 0.6 is 22.9 Å². The van der Waals surface area contributed by atoms with Gasteiger partial charge < -0.3 is 0 Å². The van der Waals surface area contributed by atoms with Crippen molar-refractivity contribution in [2.24, 2.45) is 0 Å². The van der Waals surface area contributed by atoms with E-state index in [1.54, 1.807) is 12.1 Å². The number of nitrogens with one attached hydrogen (secondary N) is 1. The van der Waals surface area contributed by atoms with Crippen LogP contribution in [0.1, 0.15) is 28.1 Å². The molecule has 0 saturated heterocycles. The minimum absolute atomic E-state index is 0.154. The number of nitrogens with zero attached hydrogens (tertiary/aromatic N) is 4. The molecule has 0 bridgehead atoms. The molecule has 0 aliphatic rings. The van der Waals surface area contributed by atoms with Gasteiger partial charge in [-0.05, 0) is 18.6 Å². The molecule has 0 aliphatic heterocycles. The third-order valence-corrected chi connectivity index (χ3v) is 4.61. The van der Waals surface area contributed by atoms with Crippen molar-refractivity contribution in [2.75, 3.05) is 5.32 Å². The first-order chi connectivity index (χ1) is 12.3. The van der Waals surface area contributed by atoms with Crippen LogP contribution in [0.25, 0.3) is 5.69 Å². The van der Waals surface area contributed by atoms with Crippen LogP contribution in [0.4, 0.5) is 18.3 Å². The molecule has 0 unspecified atom stereocenters. The Hall–Kier alpha value is -2.46. The van der Waals surface area contributed by atoms with E-state index in [1.165, 1.54) is 12.1 Å². The molecule has 1 N–H and O–H groups in total. The van der Waals surface area contributed by atoms with Crippen molar-refractivity contribution < 1.29 is 18.0 Å². The Morgan fingerprint density at radius 1 is 1.31 bits per heavy atom. The number of hydrogen-bond acceptors (Lipinski definition) is 5. The van der Waals surface area contributed by atoms with Gasteiger partial charge in [0.05, 0.1) is 10.7 Å². The van der Waals surface area contributed by atoms with Gasteiger partial charge in [-0.15, -0.1) is 10.2 Å². The zero-order valence-electron chi connectivity index (χ0n) is 13.2. The molecule has 6 nitrogen and oxygen atoms in total. The molecule has 0 radical (unpaired) electrons. The predicted octanol–water partition coefficient (Wildman–Crippen LogP) is 4.21. The third-order valence-electron chi connectivity index (χ3n) is 3.30. The average molecular weight is 402 g/mol. The standard InChI is InChI=1S/C15H11ClF3N5OS/c1-2-12-21-22-14(26-12)20-13(25)10-7-11(15(17,18)19)23-24(10)9-6-4-3-5-8(9)16/h3-7H,2H2,1H3,(H,20,22,25). The van der Waals surface area contributed by atoms with E-state index in [-0.39, 0.29) is 21.5 Å². The van der Waals surface area contributed by atoms with E-state index in [0.29, 0.717) is 17.5 Å². The molecule has 1 aromatic carbocycles. The van der Waals surface area contributed by atoms with E-state index in [4.69, 9.17) is 11.6 Å². The summed E-state index contributed by atoms with van der Waals surface area (Å²) in [5.41, 5.74) is -1.37. The summed E-state index contributed by atoms with van der Waals surface area (Å²) in [6.45, 7) is 1.87. The first kappa shape index (κ1) is 18.3. The highest BCUT2D eigenvalue weighted by molar-refractivity contribution is 7.15. The van der Waals surface area contributed by atoms with E-state index < -0.39 is 17.8 Å². The van der Waals surface area contributed by atoms with Crippen molar-refractivity contribution >= 4 is 34.0 Å². The van der Waals surface area contributed by atoms with Crippen LogP contribution in [0, 0.1) is 0 Å². The van der Waals surface area contributed by atoms with Crippen LogP contribution < -0.4 is 5.32 Å². The zero-order valence-corrected chi connectivity index (χ0v) is 14.8. The second-order valence-electron chi connectivity index (χ2n) is 5.08. The van der Waals surface area contributed by atoms with Crippen LogP contribution in [0.3, 0.4) is 0 Å². The van der Waals surface area contributed by atoms with E-state index in [9.17, 15) is 18.0 Å². The van der Waals surface area contributed by atoms with Crippen molar-refractivity contribution in [1.29, 1.82) is 0 Å². The summed E-state index contributed by atoms with van der Waals surface area (Å²) in [5, 5.41) is 14.6. The molecule has 3 rings (SSSR count). The Balaban J connectivity index is 2.03. The summed E-state index contributed by atoms with van der Waals surface area (Å²) in [4.78, 5) is 12.5. The molecule has 2 heterocycles. The van der Waals surface area contributed by atoms with Crippen molar-refractivity contribution in [3.8, 4) is 5.69 Å². The molecule has 0 saturated carbocycles. The molecule has 1 amide bonds. The number of alkyl halides is 3. The predicted molar refractivity (Wildman–Crippen MR) is 90.8 cm³/mol. The number of halogens is 4. The molecule has 0 fully saturated rings. The van der Waals surface area contributed by atoms with Gasteiger partial charge in [0, 0.05) is 6.07 Å². The highest BCUT2D eigenvalue weighted by Crippen LogP contribution is 2.31. The fourth-order valence-electron chi connectivity index (χ4n) is 2.10. The van der Waals surface area contributed by atoms with Gasteiger partial charge in [-0.3, -0.25) is 10.1 Å². The van der Waals surface area contributed by atoms with E-state index in [0.717, 1.165) is 16.0 Å².